The summed E-state index contributed by atoms with van der Waals surface area (Å²) in [6.07, 6.45) is 3.90. The van der Waals surface area contributed by atoms with Gasteiger partial charge in [-0.15, -0.1) is 0 Å². The van der Waals surface area contributed by atoms with Gasteiger partial charge in [-0.05, 0) is 51.4 Å². The molecule has 0 aliphatic heterocycles. The second kappa shape index (κ2) is 5.97. The Bertz CT molecular complexity index is 545. The van der Waals surface area contributed by atoms with Gasteiger partial charge in [0, 0.05) is 36.4 Å². The van der Waals surface area contributed by atoms with Crippen molar-refractivity contribution < 1.29 is 0 Å². The summed E-state index contributed by atoms with van der Waals surface area (Å²) in [4.78, 5) is 4.55. The van der Waals surface area contributed by atoms with Crippen LogP contribution in [0.15, 0.2) is 24.4 Å². The smallest absolute Gasteiger partial charge is 0.0492 e. The molecule has 0 bridgehead atoms. The highest BCUT2D eigenvalue weighted by atomic mass is 15.2. The molecule has 102 valence electrons. The summed E-state index contributed by atoms with van der Waals surface area (Å²) in [5, 5.41) is 7.60. The molecule has 0 aliphatic carbocycles. The highest BCUT2D eigenvalue weighted by Gasteiger charge is 2.13. The van der Waals surface area contributed by atoms with Gasteiger partial charge in [-0.3, -0.25) is 9.67 Å². The third-order valence-electron chi connectivity index (χ3n) is 3.60. The molecule has 4 heteroatoms. The summed E-state index contributed by atoms with van der Waals surface area (Å²) in [6.45, 7) is 4.11. The molecular weight excluding hydrogens is 236 g/mol. The van der Waals surface area contributed by atoms with E-state index in [-0.39, 0.29) is 0 Å². The van der Waals surface area contributed by atoms with Gasteiger partial charge in [-0.1, -0.05) is 6.07 Å². The summed E-state index contributed by atoms with van der Waals surface area (Å²) >= 11 is 0. The Kier molecular flexibility index (Phi) is 4.32. The number of rotatable bonds is 5. The first-order valence-electron chi connectivity index (χ1n) is 6.70. The first kappa shape index (κ1) is 13.7. The lowest BCUT2D eigenvalue weighted by molar-refractivity contribution is 0.531. The summed E-state index contributed by atoms with van der Waals surface area (Å²) in [7, 11) is 4.00. The number of hydrogen-bond acceptors (Lipinski definition) is 3. The standard InChI is InChI=1S/C15H22N4/c1-11-5-7-14(12(2)18-11)15(16-3)8-6-13-9-10-17-19(13)4/h5,7,9-10,15-16H,6,8H2,1-4H3. The van der Waals surface area contributed by atoms with Gasteiger partial charge in [0.2, 0.25) is 0 Å². The van der Waals surface area contributed by atoms with E-state index in [0.717, 1.165) is 24.2 Å². The van der Waals surface area contributed by atoms with Crippen LogP contribution in [0, 0.1) is 13.8 Å². The molecule has 2 aromatic rings. The Morgan fingerprint density at radius 1 is 1.26 bits per heavy atom. The van der Waals surface area contributed by atoms with Crippen molar-refractivity contribution in [2.45, 2.75) is 32.7 Å². The highest BCUT2D eigenvalue weighted by molar-refractivity contribution is 5.25. The van der Waals surface area contributed by atoms with Gasteiger partial charge < -0.3 is 5.32 Å². The predicted molar refractivity (Wildman–Crippen MR) is 77.0 cm³/mol. The average molecular weight is 258 g/mol. The van der Waals surface area contributed by atoms with Crippen LogP contribution in [0.5, 0.6) is 0 Å². The second-order valence-electron chi connectivity index (χ2n) is 4.95. The van der Waals surface area contributed by atoms with E-state index in [2.05, 4.69) is 40.5 Å². The van der Waals surface area contributed by atoms with Gasteiger partial charge in [0.15, 0.2) is 0 Å². The van der Waals surface area contributed by atoms with Crippen molar-refractivity contribution in [2.75, 3.05) is 7.05 Å². The van der Waals surface area contributed by atoms with Gasteiger partial charge >= 0.3 is 0 Å². The van der Waals surface area contributed by atoms with Gasteiger partial charge in [0.25, 0.3) is 0 Å². The molecule has 1 atom stereocenters. The zero-order valence-corrected chi connectivity index (χ0v) is 12.1. The highest BCUT2D eigenvalue weighted by Crippen LogP contribution is 2.21. The van der Waals surface area contributed by atoms with Crippen molar-refractivity contribution in [2.24, 2.45) is 7.05 Å². The largest absolute Gasteiger partial charge is 0.313 e. The fourth-order valence-corrected chi connectivity index (χ4v) is 2.46. The fraction of sp³-hybridized carbons (Fsp3) is 0.467. The van der Waals surface area contributed by atoms with Crippen LogP contribution in [0.2, 0.25) is 0 Å². The normalized spacial score (nSPS) is 12.6. The molecule has 2 heterocycles. The lowest BCUT2D eigenvalue weighted by atomic mass is 9.99. The third kappa shape index (κ3) is 3.20. The molecule has 0 aromatic carbocycles. The van der Waals surface area contributed by atoms with Crippen LogP contribution in [-0.4, -0.2) is 21.8 Å². The van der Waals surface area contributed by atoms with E-state index >= 15 is 0 Å². The van der Waals surface area contributed by atoms with Crippen molar-refractivity contribution in [3.63, 3.8) is 0 Å². The van der Waals surface area contributed by atoms with E-state index in [9.17, 15) is 0 Å². The molecule has 0 fully saturated rings. The Labute approximate surface area is 114 Å². The Hall–Kier alpha value is -1.68. The number of pyridine rings is 1. The van der Waals surface area contributed by atoms with Crippen LogP contribution in [0.4, 0.5) is 0 Å². The maximum atomic E-state index is 4.55. The van der Waals surface area contributed by atoms with Gasteiger partial charge in [-0.2, -0.15) is 5.10 Å². The molecule has 0 amide bonds. The zero-order valence-electron chi connectivity index (χ0n) is 12.1. The Morgan fingerprint density at radius 2 is 2.05 bits per heavy atom. The molecule has 1 unspecified atom stereocenters. The minimum Gasteiger partial charge on any atom is -0.313 e. The number of nitrogens with one attached hydrogen (secondary N) is 1. The summed E-state index contributed by atoms with van der Waals surface area (Å²) in [5.41, 5.74) is 4.74. The van der Waals surface area contributed by atoms with Crippen molar-refractivity contribution >= 4 is 0 Å². The monoisotopic (exact) mass is 258 g/mol. The van der Waals surface area contributed by atoms with E-state index < -0.39 is 0 Å². The van der Waals surface area contributed by atoms with Crippen LogP contribution in [-0.2, 0) is 13.5 Å². The SMILES string of the molecule is CNC(CCc1ccnn1C)c1ccc(C)nc1C. The van der Waals surface area contributed by atoms with Gasteiger partial charge in [0.05, 0.1) is 0 Å². The predicted octanol–water partition coefficient (Wildman–Crippen LogP) is 2.33. The number of aryl methyl sites for hydroxylation is 4. The summed E-state index contributed by atoms with van der Waals surface area (Å²) in [5.74, 6) is 0. The molecule has 0 aliphatic rings. The van der Waals surface area contributed by atoms with Crippen molar-refractivity contribution in [1.82, 2.24) is 20.1 Å². The second-order valence-corrected chi connectivity index (χ2v) is 4.95. The van der Waals surface area contributed by atoms with Crippen LogP contribution < -0.4 is 5.32 Å². The topological polar surface area (TPSA) is 42.7 Å². The number of hydrogen-bond donors (Lipinski definition) is 1. The van der Waals surface area contributed by atoms with E-state index in [4.69, 9.17) is 0 Å². The minimum atomic E-state index is 0.336. The van der Waals surface area contributed by atoms with Crippen LogP contribution in [0.1, 0.15) is 35.1 Å². The maximum Gasteiger partial charge on any atom is 0.0492 e. The van der Waals surface area contributed by atoms with Crippen LogP contribution >= 0.6 is 0 Å². The van der Waals surface area contributed by atoms with Crippen LogP contribution in [0.25, 0.3) is 0 Å². The van der Waals surface area contributed by atoms with Gasteiger partial charge in [-0.25, -0.2) is 0 Å². The Balaban J connectivity index is 2.10. The lowest BCUT2D eigenvalue weighted by Crippen LogP contribution is -2.19. The maximum absolute atomic E-state index is 4.55. The average Bonchev–Trinajstić information content (AvgIpc) is 2.78. The molecule has 4 nitrogen and oxygen atoms in total. The van der Waals surface area contributed by atoms with Crippen molar-refractivity contribution in [3.8, 4) is 0 Å². The first-order chi connectivity index (χ1) is 9.11. The zero-order chi connectivity index (χ0) is 13.8. The van der Waals surface area contributed by atoms with Gasteiger partial charge in [0.1, 0.15) is 0 Å². The van der Waals surface area contributed by atoms with Crippen LogP contribution in [0.3, 0.4) is 0 Å². The van der Waals surface area contributed by atoms with E-state index in [1.165, 1.54) is 11.3 Å². The van der Waals surface area contributed by atoms with Crippen molar-refractivity contribution in [3.05, 3.63) is 47.0 Å². The summed E-state index contributed by atoms with van der Waals surface area (Å²) < 4.78 is 1.94. The lowest BCUT2D eigenvalue weighted by Gasteiger charge is -2.18. The van der Waals surface area contributed by atoms with Crippen molar-refractivity contribution in [1.29, 1.82) is 0 Å². The Morgan fingerprint density at radius 3 is 2.63 bits per heavy atom. The molecule has 2 aromatic heterocycles. The molecule has 19 heavy (non-hydrogen) atoms. The third-order valence-corrected chi connectivity index (χ3v) is 3.60. The molecule has 2 rings (SSSR count). The number of aromatic nitrogens is 3. The molecule has 0 spiro atoms. The minimum absolute atomic E-state index is 0.336. The fourth-order valence-electron chi connectivity index (χ4n) is 2.46. The quantitative estimate of drug-likeness (QED) is 0.895. The van der Waals surface area contributed by atoms with E-state index in [0.29, 0.717) is 6.04 Å². The first-order valence-corrected chi connectivity index (χ1v) is 6.70. The molecule has 0 saturated carbocycles. The van der Waals surface area contributed by atoms with E-state index in [1.807, 2.05) is 31.9 Å². The molecule has 1 N–H and O–H groups in total. The molecular formula is C15H22N4. The summed E-state index contributed by atoms with van der Waals surface area (Å²) in [6, 6.07) is 6.68. The number of nitrogens with zero attached hydrogens (tertiary/aromatic N) is 3. The van der Waals surface area contributed by atoms with E-state index in [1.54, 1.807) is 0 Å². The molecule has 0 saturated heterocycles. The molecule has 0 radical (unpaired) electrons.